The zero-order chi connectivity index (χ0) is 19.8. The van der Waals surface area contributed by atoms with Gasteiger partial charge in [-0.2, -0.15) is 0 Å². The van der Waals surface area contributed by atoms with E-state index < -0.39 is 0 Å². The summed E-state index contributed by atoms with van der Waals surface area (Å²) < 4.78 is 4.93. The van der Waals surface area contributed by atoms with E-state index in [1.807, 2.05) is 0 Å². The van der Waals surface area contributed by atoms with E-state index in [1.54, 1.807) is 18.3 Å². The number of hydrazine groups is 1. The summed E-state index contributed by atoms with van der Waals surface area (Å²) in [6, 6.07) is 0. The summed E-state index contributed by atoms with van der Waals surface area (Å²) in [5, 5.41) is 1.67. The van der Waals surface area contributed by atoms with Gasteiger partial charge < -0.3 is 15.5 Å². The van der Waals surface area contributed by atoms with Crippen LogP contribution in [0.1, 0.15) is 91.4 Å². The van der Waals surface area contributed by atoms with Gasteiger partial charge in [-0.15, -0.1) is 12.8 Å². The average Bonchev–Trinajstić information content (AvgIpc) is 2.59. The third-order valence-electron chi connectivity index (χ3n) is 3.41. The van der Waals surface area contributed by atoms with Gasteiger partial charge in [0.1, 0.15) is 0 Å². The fourth-order valence-corrected chi connectivity index (χ4v) is 2.26. The Kier molecular flexibility index (Phi) is 31.7. The fraction of sp³-hybridized carbons (Fsp3) is 0.810. The Labute approximate surface area is 158 Å². The van der Waals surface area contributed by atoms with Gasteiger partial charge in [0, 0.05) is 19.9 Å². The van der Waals surface area contributed by atoms with E-state index in [0.29, 0.717) is 12.3 Å². The van der Waals surface area contributed by atoms with Crippen LogP contribution >= 0.6 is 0 Å². The highest BCUT2D eigenvalue weighted by molar-refractivity contribution is 4.94. The lowest BCUT2D eigenvalue weighted by molar-refractivity contribution is 0.221. The molecule has 0 aromatic heterocycles. The van der Waals surface area contributed by atoms with Crippen LogP contribution in [0.15, 0.2) is 11.9 Å². The number of rotatable bonds is 14. The molecule has 4 heteroatoms. The minimum absolute atomic E-state index is 0.436. The number of terminal acetylenes is 1. The Hall–Kier alpha value is -1.18. The van der Waals surface area contributed by atoms with Crippen LogP contribution in [0, 0.1) is 12.8 Å². The zero-order valence-electron chi connectivity index (χ0n) is 17.4. The second-order valence-electron chi connectivity index (χ2n) is 6.26. The van der Waals surface area contributed by atoms with Crippen LogP contribution in [0.3, 0.4) is 0 Å². The highest BCUT2D eigenvalue weighted by Crippen LogP contribution is 2.10. The fourth-order valence-electron chi connectivity index (χ4n) is 2.26. The molecule has 0 spiro atoms. The largest absolute Gasteiger partial charge is 0.399 e. The van der Waals surface area contributed by atoms with Crippen molar-refractivity contribution in [2.75, 3.05) is 20.3 Å². The van der Waals surface area contributed by atoms with Crippen molar-refractivity contribution in [2.24, 2.45) is 11.6 Å². The van der Waals surface area contributed by atoms with E-state index in [0.717, 1.165) is 13.0 Å². The maximum Gasteiger partial charge on any atom is 0.0871 e. The predicted octanol–water partition coefficient (Wildman–Crippen LogP) is 5.20. The summed E-state index contributed by atoms with van der Waals surface area (Å²) in [5.41, 5.74) is 6.39. The van der Waals surface area contributed by atoms with Crippen LogP contribution < -0.4 is 11.6 Å². The molecule has 0 aliphatic carbocycles. The molecule has 0 amide bonds. The molecule has 0 rings (SSSR count). The number of nitrogens with two attached hydrogens (primary N) is 2. The Balaban J connectivity index is -0.000000866. The van der Waals surface area contributed by atoms with Crippen LogP contribution in [-0.2, 0) is 4.74 Å². The molecule has 0 unspecified atom stereocenters. The molecule has 0 bridgehead atoms. The van der Waals surface area contributed by atoms with Gasteiger partial charge in [0.2, 0.25) is 0 Å². The van der Waals surface area contributed by atoms with Crippen LogP contribution in [0.2, 0.25) is 0 Å². The van der Waals surface area contributed by atoms with E-state index in [2.05, 4.69) is 33.6 Å². The molecule has 0 aromatic carbocycles. The van der Waals surface area contributed by atoms with Crippen LogP contribution in [-0.4, -0.2) is 25.3 Å². The van der Waals surface area contributed by atoms with Gasteiger partial charge in [0.25, 0.3) is 0 Å². The predicted molar refractivity (Wildman–Crippen MR) is 113 cm³/mol. The summed E-state index contributed by atoms with van der Waals surface area (Å²) in [6.45, 7) is 7.81. The second-order valence-corrected chi connectivity index (χ2v) is 6.26. The average molecular weight is 356 g/mol. The molecule has 25 heavy (non-hydrogen) atoms. The molecule has 0 aliphatic rings. The normalized spacial score (nSPS) is 10.3. The summed E-state index contributed by atoms with van der Waals surface area (Å²) in [6.07, 6.45) is 24.4. The molecule has 0 aliphatic heterocycles. The minimum Gasteiger partial charge on any atom is -0.399 e. The first-order valence-corrected chi connectivity index (χ1v) is 9.92. The van der Waals surface area contributed by atoms with E-state index in [-0.39, 0.29) is 0 Å². The third kappa shape index (κ3) is 31.2. The molecule has 0 heterocycles. The Morgan fingerprint density at radius 3 is 1.68 bits per heavy atom. The highest BCUT2D eigenvalue weighted by Gasteiger charge is 1.97. The lowest BCUT2D eigenvalue weighted by Crippen LogP contribution is -2.28. The zero-order valence-corrected chi connectivity index (χ0v) is 17.4. The maximum atomic E-state index is 5.84. The molecule has 0 saturated carbocycles. The molecule has 0 saturated heterocycles. The SMILES string of the molecule is C#C.CCC.CCCCCCCCCCCCN(N)/C=C(\N)COC. The molecule has 0 aromatic rings. The highest BCUT2D eigenvalue weighted by atomic mass is 16.5. The Morgan fingerprint density at radius 1 is 0.880 bits per heavy atom. The Bertz CT molecular complexity index is 278. The lowest BCUT2D eigenvalue weighted by atomic mass is 10.1. The van der Waals surface area contributed by atoms with E-state index in [9.17, 15) is 0 Å². The van der Waals surface area contributed by atoms with Crippen molar-refractivity contribution < 1.29 is 4.74 Å². The van der Waals surface area contributed by atoms with Crippen LogP contribution in [0.5, 0.6) is 0 Å². The van der Waals surface area contributed by atoms with Crippen LogP contribution in [0.25, 0.3) is 0 Å². The quantitative estimate of drug-likeness (QED) is 0.195. The monoisotopic (exact) mass is 355 g/mol. The van der Waals surface area contributed by atoms with Crippen molar-refractivity contribution in [3.05, 3.63) is 11.9 Å². The first-order chi connectivity index (χ1) is 12.1. The van der Waals surface area contributed by atoms with Crippen molar-refractivity contribution in [2.45, 2.75) is 91.4 Å². The third-order valence-corrected chi connectivity index (χ3v) is 3.41. The standard InChI is InChI=1S/C16H35N3O.C3H8.C2H2/c1-3-4-5-6-7-8-9-10-11-12-13-19(18)14-16(17)15-20-2;1-3-2;1-2/h14H,3-13,15,17-18H2,1-2H3;3H2,1-2H3;1-2H/b16-14-;;. The van der Waals surface area contributed by atoms with Crippen molar-refractivity contribution in [3.8, 4) is 12.8 Å². The van der Waals surface area contributed by atoms with Gasteiger partial charge in [-0.1, -0.05) is 85.0 Å². The molecule has 4 N–H and O–H groups in total. The van der Waals surface area contributed by atoms with Gasteiger partial charge >= 0.3 is 0 Å². The number of methoxy groups -OCH3 is 1. The number of nitrogens with zero attached hydrogens (tertiary/aromatic N) is 1. The summed E-state index contributed by atoms with van der Waals surface area (Å²) in [7, 11) is 1.63. The van der Waals surface area contributed by atoms with Crippen LogP contribution in [0.4, 0.5) is 0 Å². The Morgan fingerprint density at radius 2 is 1.28 bits per heavy atom. The topological polar surface area (TPSA) is 64.5 Å². The van der Waals surface area contributed by atoms with E-state index in [4.69, 9.17) is 16.3 Å². The second kappa shape index (κ2) is 27.7. The number of unbranched alkanes of at least 4 members (excludes halogenated alkanes) is 9. The number of hydrogen-bond acceptors (Lipinski definition) is 4. The lowest BCUT2D eigenvalue weighted by Gasteiger charge is -2.14. The van der Waals surface area contributed by atoms with E-state index in [1.165, 1.54) is 64.2 Å². The molecule has 150 valence electrons. The minimum atomic E-state index is 0.436. The molecular formula is C21H45N3O. The van der Waals surface area contributed by atoms with Gasteiger partial charge in [-0.25, -0.2) is 5.84 Å². The number of hydrogen-bond donors (Lipinski definition) is 2. The van der Waals surface area contributed by atoms with Crippen molar-refractivity contribution in [1.82, 2.24) is 5.01 Å². The van der Waals surface area contributed by atoms with Crippen molar-refractivity contribution in [3.63, 3.8) is 0 Å². The van der Waals surface area contributed by atoms with Gasteiger partial charge in [-0.05, 0) is 6.42 Å². The molecule has 0 radical (unpaired) electrons. The number of ether oxygens (including phenoxy) is 1. The van der Waals surface area contributed by atoms with Gasteiger partial charge in [0.05, 0.1) is 12.3 Å². The molecular weight excluding hydrogens is 310 g/mol. The van der Waals surface area contributed by atoms with Crippen molar-refractivity contribution >= 4 is 0 Å². The molecule has 0 fully saturated rings. The molecule has 4 nitrogen and oxygen atoms in total. The van der Waals surface area contributed by atoms with E-state index >= 15 is 0 Å². The summed E-state index contributed by atoms with van der Waals surface area (Å²) >= 11 is 0. The summed E-state index contributed by atoms with van der Waals surface area (Å²) in [5.74, 6) is 5.84. The first-order valence-electron chi connectivity index (χ1n) is 9.92. The van der Waals surface area contributed by atoms with Crippen molar-refractivity contribution in [1.29, 1.82) is 0 Å². The first kappa shape index (κ1) is 28.6. The van der Waals surface area contributed by atoms with Gasteiger partial charge in [0.15, 0.2) is 0 Å². The maximum absolute atomic E-state index is 5.84. The molecule has 0 atom stereocenters. The smallest absolute Gasteiger partial charge is 0.0871 e. The van der Waals surface area contributed by atoms with Gasteiger partial charge in [-0.3, -0.25) is 0 Å². The summed E-state index contributed by atoms with van der Waals surface area (Å²) in [4.78, 5) is 0.